The van der Waals surface area contributed by atoms with E-state index in [1.54, 1.807) is 15.9 Å². The van der Waals surface area contributed by atoms with Crippen LogP contribution < -0.4 is 9.64 Å². The van der Waals surface area contributed by atoms with Crippen molar-refractivity contribution in [3.8, 4) is 5.75 Å². The molecule has 9 heteroatoms. The van der Waals surface area contributed by atoms with Gasteiger partial charge in [0.15, 0.2) is 6.61 Å². The Balaban J connectivity index is 1.35. The number of piperazine rings is 1. The van der Waals surface area contributed by atoms with Crippen LogP contribution in [-0.2, 0) is 20.5 Å². The van der Waals surface area contributed by atoms with Crippen LogP contribution >= 0.6 is 0 Å². The molecule has 178 valence electrons. The Hall–Kier alpha value is -3.23. The van der Waals surface area contributed by atoms with Gasteiger partial charge in [-0.2, -0.15) is 13.2 Å². The van der Waals surface area contributed by atoms with Crippen molar-refractivity contribution in [2.75, 3.05) is 44.3 Å². The smallest absolute Gasteiger partial charge is 0.416 e. The third kappa shape index (κ3) is 7.40. The summed E-state index contributed by atoms with van der Waals surface area (Å²) in [6.45, 7) is 3.47. The zero-order chi connectivity index (χ0) is 23.8. The van der Waals surface area contributed by atoms with Crippen LogP contribution in [0, 0.1) is 6.92 Å². The maximum atomic E-state index is 12.9. The molecule has 0 radical (unpaired) electrons. The summed E-state index contributed by atoms with van der Waals surface area (Å²) in [6, 6.07) is 12.8. The lowest BCUT2D eigenvalue weighted by atomic mass is 10.1. The van der Waals surface area contributed by atoms with Crippen LogP contribution in [0.5, 0.6) is 5.75 Å². The number of nitrogens with zero attached hydrogens (tertiary/aromatic N) is 2. The predicted molar refractivity (Wildman–Crippen MR) is 117 cm³/mol. The molecule has 0 N–H and O–H groups in total. The summed E-state index contributed by atoms with van der Waals surface area (Å²) in [4.78, 5) is 27.6. The fourth-order valence-corrected chi connectivity index (χ4v) is 3.51. The van der Waals surface area contributed by atoms with Crippen LogP contribution in [0.15, 0.2) is 48.5 Å². The molecular formula is C24H27F3N2O4. The molecule has 0 bridgehead atoms. The van der Waals surface area contributed by atoms with Gasteiger partial charge in [0.1, 0.15) is 5.75 Å². The molecule has 2 aromatic rings. The summed E-state index contributed by atoms with van der Waals surface area (Å²) < 4.78 is 49.4. The second-order valence-corrected chi connectivity index (χ2v) is 7.85. The van der Waals surface area contributed by atoms with E-state index in [0.29, 0.717) is 44.9 Å². The maximum absolute atomic E-state index is 12.9. The fraction of sp³-hybridized carbons (Fsp3) is 0.417. The quantitative estimate of drug-likeness (QED) is 0.436. The van der Waals surface area contributed by atoms with E-state index in [4.69, 9.17) is 9.47 Å². The van der Waals surface area contributed by atoms with E-state index < -0.39 is 17.7 Å². The van der Waals surface area contributed by atoms with Gasteiger partial charge in [-0.1, -0.05) is 18.2 Å². The molecule has 0 unspecified atom stereocenters. The van der Waals surface area contributed by atoms with Crippen molar-refractivity contribution in [3.05, 3.63) is 59.7 Å². The summed E-state index contributed by atoms with van der Waals surface area (Å²) in [5, 5.41) is 0. The first kappa shape index (κ1) is 24.4. The number of ether oxygens (including phenoxy) is 2. The number of anilines is 1. The predicted octanol–water partition coefficient (Wildman–Crippen LogP) is 4.06. The minimum atomic E-state index is -4.40. The molecule has 0 aliphatic carbocycles. The maximum Gasteiger partial charge on any atom is 0.416 e. The number of hydrogen-bond acceptors (Lipinski definition) is 5. The minimum Gasteiger partial charge on any atom is -0.494 e. The minimum absolute atomic E-state index is 0.141. The van der Waals surface area contributed by atoms with Gasteiger partial charge in [0.2, 0.25) is 0 Å². The molecule has 0 aromatic heterocycles. The second-order valence-electron chi connectivity index (χ2n) is 7.85. The summed E-state index contributed by atoms with van der Waals surface area (Å²) in [7, 11) is 0. The van der Waals surface area contributed by atoms with Crippen molar-refractivity contribution in [2.24, 2.45) is 0 Å². The average molecular weight is 464 g/mol. The third-order valence-electron chi connectivity index (χ3n) is 5.31. The lowest BCUT2D eigenvalue weighted by Gasteiger charge is -2.36. The van der Waals surface area contributed by atoms with Crippen molar-refractivity contribution < 1.29 is 32.2 Å². The van der Waals surface area contributed by atoms with Crippen LogP contribution in [-0.4, -0.2) is 56.2 Å². The molecule has 1 aliphatic heterocycles. The Morgan fingerprint density at radius 3 is 2.42 bits per heavy atom. The van der Waals surface area contributed by atoms with Crippen molar-refractivity contribution in [2.45, 2.75) is 25.9 Å². The number of aryl methyl sites for hydroxylation is 1. The highest BCUT2D eigenvalue weighted by atomic mass is 19.4. The van der Waals surface area contributed by atoms with Gasteiger partial charge in [0.25, 0.3) is 5.91 Å². The first-order valence-corrected chi connectivity index (χ1v) is 10.8. The monoisotopic (exact) mass is 464 g/mol. The second kappa shape index (κ2) is 11.1. The van der Waals surface area contributed by atoms with E-state index in [1.165, 1.54) is 6.07 Å². The molecule has 2 aromatic carbocycles. The normalized spacial score (nSPS) is 14.2. The Kier molecular flexibility index (Phi) is 8.19. The molecular weight excluding hydrogens is 437 g/mol. The molecule has 6 nitrogen and oxygen atoms in total. The molecule has 1 amide bonds. The van der Waals surface area contributed by atoms with Gasteiger partial charge >= 0.3 is 12.1 Å². The molecule has 0 saturated carbocycles. The first-order chi connectivity index (χ1) is 15.7. The number of halogens is 3. The third-order valence-corrected chi connectivity index (χ3v) is 5.31. The highest BCUT2D eigenvalue weighted by Gasteiger charge is 2.31. The average Bonchev–Trinajstić information content (AvgIpc) is 2.80. The largest absolute Gasteiger partial charge is 0.494 e. The Morgan fingerprint density at radius 2 is 1.73 bits per heavy atom. The fourth-order valence-electron chi connectivity index (χ4n) is 3.51. The molecule has 1 aliphatic rings. The van der Waals surface area contributed by atoms with E-state index in [-0.39, 0.29) is 18.9 Å². The zero-order valence-electron chi connectivity index (χ0n) is 18.4. The van der Waals surface area contributed by atoms with Crippen LogP contribution in [0.3, 0.4) is 0 Å². The Bertz CT molecular complexity index is 957. The van der Waals surface area contributed by atoms with E-state index in [0.717, 1.165) is 23.4 Å². The van der Waals surface area contributed by atoms with Crippen LogP contribution in [0.1, 0.15) is 24.0 Å². The zero-order valence-corrected chi connectivity index (χ0v) is 18.4. The summed E-state index contributed by atoms with van der Waals surface area (Å²) in [5.74, 6) is -0.0512. The highest BCUT2D eigenvalue weighted by Crippen LogP contribution is 2.31. The number of carbonyl (C=O) groups excluding carboxylic acids is 2. The van der Waals surface area contributed by atoms with Gasteiger partial charge in [-0.25, -0.2) is 0 Å². The van der Waals surface area contributed by atoms with Gasteiger partial charge in [-0.3, -0.25) is 9.59 Å². The molecule has 1 fully saturated rings. The Morgan fingerprint density at radius 1 is 1.00 bits per heavy atom. The van der Waals surface area contributed by atoms with Crippen molar-refractivity contribution in [1.82, 2.24) is 4.90 Å². The standard InChI is InChI=1S/C24H27F3N2O4/c1-18-5-2-8-21(15-18)32-14-4-9-23(31)33-17-22(30)29-12-10-28(11-13-29)20-7-3-6-19(16-20)24(25,26)27/h2-3,5-8,15-16H,4,9-14,17H2,1H3. The van der Waals surface area contributed by atoms with Crippen LogP contribution in [0.2, 0.25) is 0 Å². The summed E-state index contributed by atoms with van der Waals surface area (Å²) in [5.41, 5.74) is 0.854. The van der Waals surface area contributed by atoms with E-state index in [1.807, 2.05) is 31.2 Å². The summed E-state index contributed by atoms with van der Waals surface area (Å²) in [6.07, 6.45) is -3.79. The van der Waals surface area contributed by atoms with Gasteiger partial charge in [-0.15, -0.1) is 0 Å². The van der Waals surface area contributed by atoms with E-state index in [9.17, 15) is 22.8 Å². The molecule has 3 rings (SSSR count). The van der Waals surface area contributed by atoms with E-state index >= 15 is 0 Å². The number of rotatable bonds is 8. The van der Waals surface area contributed by atoms with Crippen molar-refractivity contribution in [3.63, 3.8) is 0 Å². The molecule has 0 atom stereocenters. The number of esters is 1. The number of alkyl halides is 3. The SMILES string of the molecule is Cc1cccc(OCCCC(=O)OCC(=O)N2CCN(c3cccc(C(F)(F)F)c3)CC2)c1. The Labute approximate surface area is 190 Å². The van der Waals surface area contributed by atoms with Crippen LogP contribution in [0.4, 0.5) is 18.9 Å². The van der Waals surface area contributed by atoms with Gasteiger partial charge < -0.3 is 19.3 Å². The molecule has 33 heavy (non-hydrogen) atoms. The van der Waals surface area contributed by atoms with Crippen molar-refractivity contribution >= 4 is 17.6 Å². The lowest BCUT2D eigenvalue weighted by Crippen LogP contribution is -2.50. The number of hydrogen-bond donors (Lipinski definition) is 0. The topological polar surface area (TPSA) is 59.1 Å². The van der Waals surface area contributed by atoms with E-state index in [2.05, 4.69) is 0 Å². The molecule has 1 saturated heterocycles. The summed E-state index contributed by atoms with van der Waals surface area (Å²) >= 11 is 0. The van der Waals surface area contributed by atoms with Crippen molar-refractivity contribution in [1.29, 1.82) is 0 Å². The number of benzene rings is 2. The lowest BCUT2D eigenvalue weighted by molar-refractivity contribution is -0.152. The number of amides is 1. The molecule has 0 spiro atoms. The number of carbonyl (C=O) groups is 2. The highest BCUT2D eigenvalue weighted by molar-refractivity contribution is 5.81. The van der Waals surface area contributed by atoms with Gasteiger partial charge in [0.05, 0.1) is 12.2 Å². The van der Waals surface area contributed by atoms with Gasteiger partial charge in [-0.05, 0) is 49.2 Å². The molecule has 1 heterocycles. The first-order valence-electron chi connectivity index (χ1n) is 10.8. The van der Waals surface area contributed by atoms with Gasteiger partial charge in [0, 0.05) is 38.3 Å². The van der Waals surface area contributed by atoms with Crippen LogP contribution in [0.25, 0.3) is 0 Å².